The predicted molar refractivity (Wildman–Crippen MR) is 88.7 cm³/mol. The molecule has 0 heterocycles. The summed E-state index contributed by atoms with van der Waals surface area (Å²) < 4.78 is 0. The van der Waals surface area contributed by atoms with Crippen molar-refractivity contribution in [3.8, 4) is 0 Å². The Balaban J connectivity index is 2.28. The summed E-state index contributed by atoms with van der Waals surface area (Å²) in [6, 6.07) is 6.24. The highest BCUT2D eigenvalue weighted by Gasteiger charge is 2.25. The third-order valence-electron chi connectivity index (χ3n) is 4.15. The van der Waals surface area contributed by atoms with Crippen LogP contribution in [0.4, 0.5) is 11.4 Å². The second-order valence-electron chi connectivity index (χ2n) is 6.34. The van der Waals surface area contributed by atoms with Gasteiger partial charge >= 0.3 is 0 Å². The number of rotatable bonds is 5. The van der Waals surface area contributed by atoms with Crippen molar-refractivity contribution in [2.75, 3.05) is 24.2 Å². The summed E-state index contributed by atoms with van der Waals surface area (Å²) in [4.78, 5) is 14.1. The molecule has 2 rings (SSSR count). The Morgan fingerprint density at radius 3 is 2.57 bits per heavy atom. The predicted octanol–water partition coefficient (Wildman–Crippen LogP) is 3.03. The summed E-state index contributed by atoms with van der Waals surface area (Å²) in [5, 5.41) is 2.64. The zero-order valence-corrected chi connectivity index (χ0v) is 13.4. The van der Waals surface area contributed by atoms with Crippen molar-refractivity contribution in [3.05, 3.63) is 23.8 Å². The zero-order chi connectivity index (χ0) is 15.4. The molecular formula is C17H27N3O. The van der Waals surface area contributed by atoms with Crippen molar-refractivity contribution in [1.29, 1.82) is 0 Å². The molecule has 1 aromatic carbocycles. The molecule has 0 spiro atoms. The minimum atomic E-state index is -0.0930. The first-order valence-electron chi connectivity index (χ1n) is 7.91. The molecule has 0 aliphatic heterocycles. The van der Waals surface area contributed by atoms with Gasteiger partial charge in [-0.25, -0.2) is 0 Å². The Hall–Kier alpha value is -1.71. The van der Waals surface area contributed by atoms with E-state index >= 15 is 0 Å². The lowest BCUT2D eigenvalue weighted by atomic mass is 10.1. The Labute approximate surface area is 127 Å². The van der Waals surface area contributed by atoms with E-state index < -0.39 is 0 Å². The fraction of sp³-hybridized carbons (Fsp3) is 0.588. The van der Waals surface area contributed by atoms with Gasteiger partial charge in [-0.15, -0.1) is 0 Å². The Kier molecular flexibility index (Phi) is 5.10. The van der Waals surface area contributed by atoms with Crippen molar-refractivity contribution < 1.29 is 4.79 Å². The number of anilines is 2. The molecule has 0 atom stereocenters. The number of nitrogens with zero attached hydrogens (tertiary/aromatic N) is 1. The van der Waals surface area contributed by atoms with Crippen LogP contribution in [0, 0.1) is 5.92 Å². The number of hydrogen-bond acceptors (Lipinski definition) is 3. The van der Waals surface area contributed by atoms with E-state index in [1.807, 2.05) is 12.1 Å². The number of hydrogen-bond donors (Lipinski definition) is 2. The van der Waals surface area contributed by atoms with Crippen molar-refractivity contribution in [3.63, 3.8) is 0 Å². The highest BCUT2D eigenvalue weighted by atomic mass is 16.1. The minimum Gasteiger partial charge on any atom is -0.397 e. The van der Waals surface area contributed by atoms with Crippen molar-refractivity contribution in [1.82, 2.24) is 5.32 Å². The van der Waals surface area contributed by atoms with Gasteiger partial charge in [0.2, 0.25) is 0 Å². The van der Waals surface area contributed by atoms with Crippen LogP contribution in [0.15, 0.2) is 18.2 Å². The summed E-state index contributed by atoms with van der Waals surface area (Å²) in [5.74, 6) is 0.494. The average Bonchev–Trinajstić information content (AvgIpc) is 2.98. The molecule has 4 nitrogen and oxygen atoms in total. The summed E-state index contributed by atoms with van der Waals surface area (Å²) in [6.45, 7) is 5.47. The van der Waals surface area contributed by atoms with Crippen LogP contribution in [-0.2, 0) is 0 Å². The average molecular weight is 289 g/mol. The van der Waals surface area contributed by atoms with Crippen LogP contribution in [0.5, 0.6) is 0 Å². The molecule has 1 saturated carbocycles. The highest BCUT2D eigenvalue weighted by molar-refractivity contribution is 5.96. The SMILES string of the molecule is CNC(=O)c1ccc(N(CC(C)C)C2CCCC2)c(N)c1. The monoisotopic (exact) mass is 289 g/mol. The van der Waals surface area contributed by atoms with Crippen molar-refractivity contribution in [2.45, 2.75) is 45.6 Å². The number of nitrogen functional groups attached to an aromatic ring is 1. The number of carbonyl (C=O) groups excluding carboxylic acids is 1. The molecule has 0 aromatic heterocycles. The molecule has 1 aliphatic rings. The molecule has 1 amide bonds. The maximum absolute atomic E-state index is 11.7. The van der Waals surface area contributed by atoms with Crippen molar-refractivity contribution in [2.24, 2.45) is 5.92 Å². The summed E-state index contributed by atoms with van der Waals surface area (Å²) in [6.07, 6.45) is 5.08. The van der Waals surface area contributed by atoms with E-state index in [4.69, 9.17) is 5.73 Å². The van der Waals surface area contributed by atoms with Crippen LogP contribution in [0.1, 0.15) is 49.9 Å². The smallest absolute Gasteiger partial charge is 0.251 e. The van der Waals surface area contributed by atoms with Crippen LogP contribution in [0.3, 0.4) is 0 Å². The molecule has 1 aromatic rings. The largest absolute Gasteiger partial charge is 0.397 e. The molecule has 0 radical (unpaired) electrons. The van der Waals surface area contributed by atoms with Gasteiger partial charge in [0.15, 0.2) is 0 Å². The number of carbonyl (C=O) groups is 1. The Morgan fingerprint density at radius 2 is 2.05 bits per heavy atom. The molecule has 1 aliphatic carbocycles. The molecule has 0 saturated heterocycles. The molecule has 116 valence electrons. The Bertz CT molecular complexity index is 493. The van der Waals surface area contributed by atoms with E-state index in [0.717, 1.165) is 12.2 Å². The fourth-order valence-corrected chi connectivity index (χ4v) is 3.16. The summed E-state index contributed by atoms with van der Waals surface area (Å²) >= 11 is 0. The van der Waals surface area contributed by atoms with Crippen molar-refractivity contribution >= 4 is 17.3 Å². The van der Waals surface area contributed by atoms with Gasteiger partial charge in [-0.3, -0.25) is 4.79 Å². The zero-order valence-electron chi connectivity index (χ0n) is 13.4. The molecule has 4 heteroatoms. The van der Waals surface area contributed by atoms with E-state index in [1.165, 1.54) is 25.7 Å². The van der Waals surface area contributed by atoms with E-state index in [9.17, 15) is 4.79 Å². The standard InChI is InChI=1S/C17H27N3O/c1-12(2)11-20(14-6-4-5-7-14)16-9-8-13(10-15(16)18)17(21)19-3/h8-10,12,14H,4-7,11,18H2,1-3H3,(H,19,21). The van der Waals surface area contributed by atoms with Gasteiger partial charge in [0.25, 0.3) is 5.91 Å². The lowest BCUT2D eigenvalue weighted by Gasteiger charge is -2.33. The lowest BCUT2D eigenvalue weighted by Crippen LogP contribution is -2.36. The van der Waals surface area contributed by atoms with Crippen LogP contribution >= 0.6 is 0 Å². The third-order valence-corrected chi connectivity index (χ3v) is 4.15. The summed E-state index contributed by atoms with van der Waals surface area (Å²) in [7, 11) is 1.63. The normalized spacial score (nSPS) is 15.4. The first kappa shape index (κ1) is 15.7. The first-order chi connectivity index (χ1) is 10.0. The van der Waals surface area contributed by atoms with Gasteiger partial charge in [-0.1, -0.05) is 26.7 Å². The topological polar surface area (TPSA) is 58.4 Å². The molecule has 3 N–H and O–H groups in total. The van der Waals surface area contributed by atoms with E-state index in [2.05, 4.69) is 24.1 Å². The van der Waals surface area contributed by atoms with E-state index in [-0.39, 0.29) is 5.91 Å². The first-order valence-corrected chi connectivity index (χ1v) is 7.91. The third kappa shape index (κ3) is 3.69. The summed E-state index contributed by atoms with van der Waals surface area (Å²) in [5.41, 5.74) is 8.63. The highest BCUT2D eigenvalue weighted by Crippen LogP contribution is 2.33. The van der Waals surface area contributed by atoms with Gasteiger partial charge in [-0.05, 0) is 37.0 Å². The van der Waals surface area contributed by atoms with E-state index in [0.29, 0.717) is 23.2 Å². The molecular weight excluding hydrogens is 262 g/mol. The second kappa shape index (κ2) is 6.83. The van der Waals surface area contributed by atoms with Crippen LogP contribution in [-0.4, -0.2) is 25.5 Å². The maximum Gasteiger partial charge on any atom is 0.251 e. The van der Waals surface area contributed by atoms with Crippen LogP contribution in [0.25, 0.3) is 0 Å². The van der Waals surface area contributed by atoms with Gasteiger partial charge in [0.05, 0.1) is 11.4 Å². The number of nitrogens with two attached hydrogens (primary N) is 1. The molecule has 1 fully saturated rings. The van der Waals surface area contributed by atoms with Crippen LogP contribution < -0.4 is 16.0 Å². The molecule has 0 bridgehead atoms. The Morgan fingerprint density at radius 1 is 1.38 bits per heavy atom. The van der Waals surface area contributed by atoms with E-state index in [1.54, 1.807) is 13.1 Å². The van der Waals surface area contributed by atoms with Gasteiger partial charge in [0, 0.05) is 25.2 Å². The number of benzene rings is 1. The minimum absolute atomic E-state index is 0.0930. The van der Waals surface area contributed by atoms with Crippen LogP contribution in [0.2, 0.25) is 0 Å². The second-order valence-corrected chi connectivity index (χ2v) is 6.34. The molecule has 21 heavy (non-hydrogen) atoms. The lowest BCUT2D eigenvalue weighted by molar-refractivity contribution is 0.0963. The number of nitrogens with one attached hydrogen (secondary N) is 1. The quantitative estimate of drug-likeness (QED) is 0.819. The van der Waals surface area contributed by atoms with Gasteiger partial charge < -0.3 is 16.0 Å². The van der Waals surface area contributed by atoms with Gasteiger partial charge in [0.1, 0.15) is 0 Å². The number of amides is 1. The fourth-order valence-electron chi connectivity index (χ4n) is 3.16. The van der Waals surface area contributed by atoms with Gasteiger partial charge in [-0.2, -0.15) is 0 Å². The molecule has 0 unspecified atom stereocenters. The maximum atomic E-state index is 11.7.